The highest BCUT2D eigenvalue weighted by molar-refractivity contribution is 8.18. The molecular formula is C26H20ClFN2O3S2. The lowest BCUT2D eigenvalue weighted by molar-refractivity contribution is -0.122. The third kappa shape index (κ3) is 6.54. The molecule has 0 radical (unpaired) electrons. The molecule has 178 valence electrons. The van der Waals surface area contributed by atoms with Gasteiger partial charge in [0.15, 0.2) is 0 Å². The molecule has 1 aliphatic heterocycles. The van der Waals surface area contributed by atoms with Gasteiger partial charge in [0.25, 0.3) is 17.1 Å². The molecule has 5 nitrogen and oxygen atoms in total. The number of thioether (sulfide) groups is 2. The molecule has 0 unspecified atom stereocenters. The predicted octanol–water partition coefficient (Wildman–Crippen LogP) is 6.24. The molecular weight excluding hydrogens is 507 g/mol. The Morgan fingerprint density at radius 2 is 1.74 bits per heavy atom. The summed E-state index contributed by atoms with van der Waals surface area (Å²) in [5, 5.41) is 2.98. The number of nitrogens with zero attached hydrogens (tertiary/aromatic N) is 1. The first kappa shape index (κ1) is 25.0. The molecule has 1 aliphatic rings. The van der Waals surface area contributed by atoms with Gasteiger partial charge in [0, 0.05) is 39.9 Å². The van der Waals surface area contributed by atoms with Crippen LogP contribution in [0.5, 0.6) is 0 Å². The smallest absolute Gasteiger partial charge is 0.293 e. The topological polar surface area (TPSA) is 66.5 Å². The van der Waals surface area contributed by atoms with E-state index in [2.05, 4.69) is 5.32 Å². The minimum Gasteiger partial charge on any atom is -0.350 e. The van der Waals surface area contributed by atoms with Crippen LogP contribution in [0.2, 0.25) is 5.02 Å². The summed E-state index contributed by atoms with van der Waals surface area (Å²) >= 11 is 8.33. The van der Waals surface area contributed by atoms with Gasteiger partial charge in [0.05, 0.1) is 4.91 Å². The zero-order valence-electron chi connectivity index (χ0n) is 18.4. The summed E-state index contributed by atoms with van der Waals surface area (Å²) in [7, 11) is 0. The van der Waals surface area contributed by atoms with E-state index in [0.717, 1.165) is 32.9 Å². The molecule has 0 bridgehead atoms. The van der Waals surface area contributed by atoms with Crippen LogP contribution in [0.4, 0.5) is 9.18 Å². The third-order valence-corrected chi connectivity index (χ3v) is 7.36. The molecule has 0 spiro atoms. The molecule has 0 aromatic heterocycles. The average molecular weight is 527 g/mol. The van der Waals surface area contributed by atoms with Crippen molar-refractivity contribution in [3.05, 3.63) is 105 Å². The lowest BCUT2D eigenvalue weighted by atomic mass is 10.1. The Bertz CT molecular complexity index is 1280. The molecule has 1 saturated heterocycles. The van der Waals surface area contributed by atoms with E-state index in [4.69, 9.17) is 11.6 Å². The monoisotopic (exact) mass is 526 g/mol. The van der Waals surface area contributed by atoms with Crippen LogP contribution in [0.25, 0.3) is 6.08 Å². The van der Waals surface area contributed by atoms with E-state index in [1.54, 1.807) is 36.0 Å². The van der Waals surface area contributed by atoms with Crippen LogP contribution in [0.3, 0.4) is 0 Å². The number of halogens is 2. The van der Waals surface area contributed by atoms with Crippen molar-refractivity contribution in [2.75, 3.05) is 13.1 Å². The number of amides is 3. The van der Waals surface area contributed by atoms with Gasteiger partial charge in [-0.3, -0.25) is 19.3 Å². The highest BCUT2D eigenvalue weighted by Crippen LogP contribution is 2.32. The summed E-state index contributed by atoms with van der Waals surface area (Å²) in [5.74, 6) is -0.514. The van der Waals surface area contributed by atoms with E-state index in [9.17, 15) is 18.8 Å². The van der Waals surface area contributed by atoms with E-state index < -0.39 is 17.0 Å². The molecule has 1 fully saturated rings. The molecule has 0 atom stereocenters. The SMILES string of the molecule is O=C(NCCN1C(=O)S/C(=C/c2ccccc2F)C1=O)c1ccc(CSc2ccc(Cl)cc2)cc1. The molecule has 3 aromatic rings. The van der Waals surface area contributed by atoms with Gasteiger partial charge in [-0.1, -0.05) is 41.9 Å². The molecule has 1 heterocycles. The maximum atomic E-state index is 13.9. The van der Waals surface area contributed by atoms with Crippen LogP contribution in [0.15, 0.2) is 82.6 Å². The van der Waals surface area contributed by atoms with Crippen molar-refractivity contribution < 1.29 is 18.8 Å². The number of imide groups is 1. The highest BCUT2D eigenvalue weighted by Gasteiger charge is 2.34. The van der Waals surface area contributed by atoms with Crippen molar-refractivity contribution in [3.8, 4) is 0 Å². The standard InChI is InChI=1S/C26H20ClFN2O3S2/c27-20-9-11-21(12-10-20)34-16-17-5-7-18(8-6-17)24(31)29-13-14-30-25(32)23(35-26(30)33)15-19-3-1-2-4-22(19)28/h1-12,15H,13-14,16H2,(H,29,31)/b23-15+. The molecule has 4 rings (SSSR count). The number of carbonyl (C=O) groups excluding carboxylic acids is 3. The number of benzene rings is 3. The minimum absolute atomic E-state index is 0.0286. The lowest BCUT2D eigenvalue weighted by Crippen LogP contribution is -2.37. The van der Waals surface area contributed by atoms with Crippen LogP contribution in [0.1, 0.15) is 21.5 Å². The Hall–Kier alpha value is -3.07. The van der Waals surface area contributed by atoms with Crippen LogP contribution >= 0.6 is 35.1 Å². The summed E-state index contributed by atoms with van der Waals surface area (Å²) in [6, 6.07) is 20.9. The molecule has 0 aliphatic carbocycles. The summed E-state index contributed by atoms with van der Waals surface area (Å²) in [4.78, 5) is 39.6. The van der Waals surface area contributed by atoms with Crippen molar-refractivity contribution in [3.63, 3.8) is 0 Å². The summed E-state index contributed by atoms with van der Waals surface area (Å²) in [5.41, 5.74) is 1.79. The fourth-order valence-electron chi connectivity index (χ4n) is 3.26. The highest BCUT2D eigenvalue weighted by atomic mass is 35.5. The van der Waals surface area contributed by atoms with Gasteiger partial charge in [-0.25, -0.2) is 4.39 Å². The number of nitrogens with one attached hydrogen (secondary N) is 1. The molecule has 1 N–H and O–H groups in total. The summed E-state index contributed by atoms with van der Waals surface area (Å²) in [6.07, 6.45) is 1.37. The Morgan fingerprint density at radius 3 is 2.46 bits per heavy atom. The zero-order chi connectivity index (χ0) is 24.8. The van der Waals surface area contributed by atoms with Gasteiger partial charge in [-0.05, 0) is 65.9 Å². The van der Waals surface area contributed by atoms with Crippen molar-refractivity contribution in [2.24, 2.45) is 0 Å². The van der Waals surface area contributed by atoms with Crippen LogP contribution in [-0.4, -0.2) is 35.0 Å². The van der Waals surface area contributed by atoms with Crippen LogP contribution in [-0.2, 0) is 10.5 Å². The van der Waals surface area contributed by atoms with Crippen molar-refractivity contribution in [2.45, 2.75) is 10.6 Å². The minimum atomic E-state index is -0.500. The van der Waals surface area contributed by atoms with Gasteiger partial charge in [-0.2, -0.15) is 0 Å². The second kappa shape index (κ2) is 11.6. The fourth-order valence-corrected chi connectivity index (χ4v) is 5.10. The molecule has 3 aromatic carbocycles. The second-order valence-corrected chi connectivity index (χ2v) is 10.0. The number of hydrogen-bond donors (Lipinski definition) is 1. The number of carbonyl (C=O) groups is 3. The number of hydrogen-bond acceptors (Lipinski definition) is 5. The average Bonchev–Trinajstić information content (AvgIpc) is 3.12. The Balaban J connectivity index is 1.27. The summed E-state index contributed by atoms with van der Waals surface area (Å²) < 4.78 is 13.9. The first-order chi connectivity index (χ1) is 16.9. The fraction of sp³-hybridized carbons (Fsp3) is 0.115. The maximum Gasteiger partial charge on any atom is 0.293 e. The van der Waals surface area contributed by atoms with Crippen molar-refractivity contribution in [1.82, 2.24) is 10.2 Å². The normalized spacial score (nSPS) is 14.6. The van der Waals surface area contributed by atoms with Gasteiger partial charge < -0.3 is 5.32 Å². The maximum absolute atomic E-state index is 13.9. The van der Waals surface area contributed by atoms with Crippen LogP contribution in [0, 0.1) is 5.82 Å². The van der Waals surface area contributed by atoms with E-state index >= 15 is 0 Å². The van der Waals surface area contributed by atoms with Gasteiger partial charge in [-0.15, -0.1) is 11.8 Å². The number of rotatable bonds is 8. The zero-order valence-corrected chi connectivity index (χ0v) is 20.8. The first-order valence-electron chi connectivity index (χ1n) is 10.7. The third-order valence-electron chi connectivity index (χ3n) is 5.12. The van der Waals surface area contributed by atoms with E-state index in [1.165, 1.54) is 18.2 Å². The van der Waals surface area contributed by atoms with E-state index in [1.807, 2.05) is 36.4 Å². The lowest BCUT2D eigenvalue weighted by Gasteiger charge is -2.13. The van der Waals surface area contributed by atoms with Crippen LogP contribution < -0.4 is 5.32 Å². The van der Waals surface area contributed by atoms with E-state index in [0.29, 0.717) is 10.6 Å². The Labute approximate surface area is 215 Å². The molecule has 35 heavy (non-hydrogen) atoms. The molecule has 9 heteroatoms. The van der Waals surface area contributed by atoms with Crippen molar-refractivity contribution in [1.29, 1.82) is 0 Å². The summed E-state index contributed by atoms with van der Waals surface area (Å²) in [6.45, 7) is 0.138. The second-order valence-electron chi connectivity index (χ2n) is 7.55. The largest absolute Gasteiger partial charge is 0.350 e. The molecule has 0 saturated carbocycles. The predicted molar refractivity (Wildman–Crippen MR) is 139 cm³/mol. The molecule has 3 amide bonds. The quantitative estimate of drug-likeness (QED) is 0.278. The van der Waals surface area contributed by atoms with Gasteiger partial charge >= 0.3 is 0 Å². The van der Waals surface area contributed by atoms with Gasteiger partial charge in [0.1, 0.15) is 5.82 Å². The van der Waals surface area contributed by atoms with Crippen molar-refractivity contribution >= 4 is 58.3 Å². The Morgan fingerprint density at radius 1 is 1.03 bits per heavy atom. The Kier molecular flexibility index (Phi) is 8.28. The van der Waals surface area contributed by atoms with Gasteiger partial charge in [0.2, 0.25) is 0 Å². The van der Waals surface area contributed by atoms with E-state index in [-0.39, 0.29) is 29.5 Å². The first-order valence-corrected chi connectivity index (χ1v) is 12.8.